The Morgan fingerprint density at radius 3 is 2.27 bits per heavy atom. The molecule has 2 N–H and O–H groups in total. The third kappa shape index (κ3) is 2.39. The fraction of sp³-hybridized carbons (Fsp3) is 0.250. The van der Waals surface area contributed by atoms with Crippen molar-refractivity contribution in [2.45, 2.75) is 6.92 Å². The topological polar surface area (TPSA) is 98.0 Å². The normalized spacial score (nSPS) is 9.73. The predicted octanol–water partition coefficient (Wildman–Crippen LogP) is 1.45. The van der Waals surface area contributed by atoms with Crippen molar-refractivity contribution >= 4 is 12.3 Å². The molecule has 0 spiro atoms. The first-order valence-corrected chi connectivity index (χ1v) is 3.89. The zero-order chi connectivity index (χ0) is 11.6. The molecule has 1 rings (SSSR count). The third-order valence-electron chi connectivity index (χ3n) is 1.63. The smallest absolute Gasteiger partial charge is 0.449 e. The largest absolute Gasteiger partial charge is 0.512 e. The first-order valence-electron chi connectivity index (χ1n) is 3.89. The van der Waals surface area contributed by atoms with E-state index in [1.165, 1.54) is 17.8 Å². The summed E-state index contributed by atoms with van der Waals surface area (Å²) in [4.78, 5) is 20.7. The van der Waals surface area contributed by atoms with E-state index in [0.29, 0.717) is 5.56 Å². The summed E-state index contributed by atoms with van der Waals surface area (Å²) in [5.41, 5.74) is 0.469. The fourth-order valence-electron chi connectivity index (χ4n) is 1.15. The zero-order valence-corrected chi connectivity index (χ0v) is 8.05. The van der Waals surface area contributed by atoms with Crippen molar-refractivity contribution in [3.05, 3.63) is 11.8 Å². The number of aryl methyl sites for hydroxylation is 2. The first kappa shape index (κ1) is 10.9. The molecule has 0 radical (unpaired) electrons. The Morgan fingerprint density at radius 2 is 1.80 bits per heavy atom. The molecule has 7 nitrogen and oxygen atoms in total. The van der Waals surface area contributed by atoms with Crippen LogP contribution in [-0.4, -0.2) is 27.1 Å². The molecular formula is C8H9NO6. The van der Waals surface area contributed by atoms with Crippen molar-refractivity contribution in [2.75, 3.05) is 0 Å². The minimum atomic E-state index is -1.54. The highest BCUT2D eigenvalue weighted by atomic mass is 16.7. The fourth-order valence-corrected chi connectivity index (χ4v) is 1.15. The van der Waals surface area contributed by atoms with E-state index in [4.69, 9.17) is 10.2 Å². The van der Waals surface area contributed by atoms with Gasteiger partial charge in [-0.25, -0.2) is 9.59 Å². The monoisotopic (exact) mass is 215 g/mol. The number of hydrogen-bond donors (Lipinski definition) is 2. The number of nitrogens with zero attached hydrogens (tertiary/aromatic N) is 1. The molecule has 0 aliphatic carbocycles. The summed E-state index contributed by atoms with van der Waals surface area (Å²) in [6.45, 7) is 1.58. The maximum absolute atomic E-state index is 10.3. The van der Waals surface area contributed by atoms with E-state index in [1.54, 1.807) is 6.92 Å². The van der Waals surface area contributed by atoms with Crippen molar-refractivity contribution in [3.8, 4) is 11.6 Å². The maximum atomic E-state index is 10.3. The van der Waals surface area contributed by atoms with Crippen molar-refractivity contribution in [2.24, 2.45) is 7.05 Å². The molecule has 0 aliphatic rings. The van der Waals surface area contributed by atoms with Gasteiger partial charge in [0.25, 0.3) is 5.88 Å². The summed E-state index contributed by atoms with van der Waals surface area (Å²) >= 11 is 0. The first-order chi connectivity index (χ1) is 6.91. The Kier molecular flexibility index (Phi) is 2.84. The van der Waals surface area contributed by atoms with E-state index in [1.807, 2.05) is 0 Å². The van der Waals surface area contributed by atoms with E-state index in [0.717, 1.165) is 0 Å². The molecule has 0 bridgehead atoms. The van der Waals surface area contributed by atoms with E-state index in [9.17, 15) is 9.59 Å². The van der Waals surface area contributed by atoms with Crippen molar-refractivity contribution in [1.82, 2.24) is 4.57 Å². The van der Waals surface area contributed by atoms with Crippen LogP contribution < -0.4 is 9.47 Å². The number of ether oxygens (including phenoxy) is 2. The molecule has 7 heteroatoms. The van der Waals surface area contributed by atoms with Crippen molar-refractivity contribution < 1.29 is 29.3 Å². The molecule has 0 saturated carbocycles. The van der Waals surface area contributed by atoms with Gasteiger partial charge in [-0.15, -0.1) is 0 Å². The molecule has 0 aliphatic heterocycles. The van der Waals surface area contributed by atoms with Crippen LogP contribution in [0.3, 0.4) is 0 Å². The third-order valence-corrected chi connectivity index (χ3v) is 1.63. The summed E-state index contributed by atoms with van der Waals surface area (Å²) in [7, 11) is 1.51. The van der Waals surface area contributed by atoms with Crippen molar-refractivity contribution in [3.63, 3.8) is 0 Å². The summed E-state index contributed by atoms with van der Waals surface area (Å²) < 4.78 is 10.1. The summed E-state index contributed by atoms with van der Waals surface area (Å²) in [6, 6.07) is 0. The molecular weight excluding hydrogens is 206 g/mol. The number of aromatic nitrogens is 1. The van der Waals surface area contributed by atoms with Gasteiger partial charge < -0.3 is 24.3 Å². The van der Waals surface area contributed by atoms with Gasteiger partial charge in [-0.3, -0.25) is 0 Å². The van der Waals surface area contributed by atoms with Crippen LogP contribution in [0, 0.1) is 6.92 Å². The quantitative estimate of drug-likeness (QED) is 0.724. The number of rotatable bonds is 2. The average molecular weight is 215 g/mol. The lowest BCUT2D eigenvalue weighted by Gasteiger charge is -2.04. The van der Waals surface area contributed by atoms with Crippen LogP contribution >= 0.6 is 0 Å². The maximum Gasteiger partial charge on any atom is 0.512 e. The van der Waals surface area contributed by atoms with Gasteiger partial charge in [0, 0.05) is 18.8 Å². The van der Waals surface area contributed by atoms with E-state index in [-0.39, 0.29) is 11.6 Å². The molecule has 0 aromatic carbocycles. The lowest BCUT2D eigenvalue weighted by atomic mass is 10.3. The van der Waals surface area contributed by atoms with Crippen molar-refractivity contribution in [1.29, 1.82) is 0 Å². The molecule has 82 valence electrons. The summed E-state index contributed by atoms with van der Waals surface area (Å²) in [5.74, 6) is -0.283. The summed E-state index contributed by atoms with van der Waals surface area (Å²) in [5, 5.41) is 16.8. The van der Waals surface area contributed by atoms with Gasteiger partial charge in [0.05, 0.1) is 0 Å². The molecule has 15 heavy (non-hydrogen) atoms. The molecule has 1 heterocycles. The Labute approximate surface area is 84.4 Å². The highest BCUT2D eigenvalue weighted by Gasteiger charge is 2.19. The lowest BCUT2D eigenvalue weighted by molar-refractivity contribution is 0.130. The molecule has 0 fully saturated rings. The molecule has 0 saturated heterocycles. The Balaban J connectivity index is 3.10. The second-order valence-electron chi connectivity index (χ2n) is 2.79. The molecule has 0 atom stereocenters. The lowest BCUT2D eigenvalue weighted by Crippen LogP contribution is -2.09. The number of carboxylic acid groups (broad SMARTS) is 2. The molecule has 1 aromatic rings. The number of hydrogen-bond acceptors (Lipinski definition) is 4. The van der Waals surface area contributed by atoms with Gasteiger partial charge in [0.15, 0.2) is 5.75 Å². The highest BCUT2D eigenvalue weighted by molar-refractivity contribution is 5.67. The minimum Gasteiger partial charge on any atom is -0.449 e. The Bertz CT molecular complexity index is 371. The van der Waals surface area contributed by atoms with Gasteiger partial charge in [-0.05, 0) is 6.92 Å². The zero-order valence-electron chi connectivity index (χ0n) is 8.05. The second kappa shape index (κ2) is 3.91. The van der Waals surface area contributed by atoms with Crippen LogP contribution in [0.5, 0.6) is 11.6 Å². The average Bonchev–Trinajstić information content (AvgIpc) is 2.30. The van der Waals surface area contributed by atoms with Gasteiger partial charge in [-0.1, -0.05) is 0 Å². The van der Waals surface area contributed by atoms with Crippen LogP contribution in [0.2, 0.25) is 0 Å². The van der Waals surface area contributed by atoms with E-state index >= 15 is 0 Å². The van der Waals surface area contributed by atoms with Gasteiger partial charge in [-0.2, -0.15) is 0 Å². The van der Waals surface area contributed by atoms with Crippen LogP contribution in [0.15, 0.2) is 6.20 Å². The SMILES string of the molecule is Cc1cn(C)c(OC(=O)O)c1OC(=O)O. The molecule has 1 aromatic heterocycles. The second-order valence-corrected chi connectivity index (χ2v) is 2.79. The van der Waals surface area contributed by atoms with Crippen LogP contribution in [0.25, 0.3) is 0 Å². The number of carbonyl (C=O) groups is 2. The van der Waals surface area contributed by atoms with Crippen LogP contribution in [-0.2, 0) is 7.05 Å². The standard InChI is InChI=1S/C8H9NO6/c1-4-3-9(2)6(15-8(12)13)5(4)14-7(10)11/h3H,1-2H3,(H,10,11)(H,12,13). The Morgan fingerprint density at radius 1 is 1.27 bits per heavy atom. The van der Waals surface area contributed by atoms with Gasteiger partial charge in [0.1, 0.15) is 0 Å². The van der Waals surface area contributed by atoms with Gasteiger partial charge in [0.2, 0.25) is 0 Å². The predicted molar refractivity (Wildman–Crippen MR) is 47.5 cm³/mol. The highest BCUT2D eigenvalue weighted by Crippen LogP contribution is 2.32. The van der Waals surface area contributed by atoms with E-state index in [2.05, 4.69) is 9.47 Å². The van der Waals surface area contributed by atoms with Gasteiger partial charge >= 0.3 is 12.3 Å². The van der Waals surface area contributed by atoms with Crippen LogP contribution in [0.1, 0.15) is 5.56 Å². The Hall–Kier alpha value is -2.18. The van der Waals surface area contributed by atoms with Crippen LogP contribution in [0.4, 0.5) is 9.59 Å². The van der Waals surface area contributed by atoms with E-state index < -0.39 is 12.3 Å². The molecule has 0 amide bonds. The minimum absolute atomic E-state index is 0.118. The molecule has 0 unspecified atom stereocenters. The summed E-state index contributed by atoms with van der Waals surface area (Å²) in [6.07, 6.45) is -1.57.